The third kappa shape index (κ3) is 4.94. The number of hydrogen-bond acceptors (Lipinski definition) is 4. The smallest absolute Gasteiger partial charge is 0.224 e. The Bertz CT molecular complexity index is 940. The fraction of sp³-hybridized carbons (Fsp3) is 0.200. The number of hydrogen-bond donors (Lipinski definition) is 1. The number of sulfone groups is 1. The molecule has 24 heavy (non-hydrogen) atoms. The van der Waals surface area contributed by atoms with E-state index >= 15 is 0 Å². The Balaban J connectivity index is 2.06. The van der Waals surface area contributed by atoms with Crippen LogP contribution in [0.15, 0.2) is 52.3 Å². The Morgan fingerprint density at radius 2 is 1.50 bits per heavy atom. The number of nitrogens with one attached hydrogen (secondary N) is 1. The first kappa shape index (κ1) is 19.2. The number of sulfonamides is 1. The van der Waals surface area contributed by atoms with E-state index in [9.17, 15) is 16.8 Å². The number of benzene rings is 2. The van der Waals surface area contributed by atoms with E-state index in [2.05, 4.69) is 4.72 Å². The molecule has 2 aromatic carbocycles. The van der Waals surface area contributed by atoms with Crippen molar-refractivity contribution in [1.82, 2.24) is 4.72 Å². The van der Waals surface area contributed by atoms with Gasteiger partial charge in [-0.1, -0.05) is 29.3 Å². The van der Waals surface area contributed by atoms with Gasteiger partial charge < -0.3 is 0 Å². The fourth-order valence-electron chi connectivity index (χ4n) is 1.99. The number of rotatable bonds is 6. The molecule has 5 nitrogen and oxygen atoms in total. The SMILES string of the molecule is CS(=O)(=O)c1ccc(S(=O)(=O)NCCc2ccc(Cl)cc2Cl)cc1. The lowest BCUT2D eigenvalue weighted by Gasteiger charge is -2.08. The minimum atomic E-state index is -3.73. The maximum absolute atomic E-state index is 12.2. The standard InChI is InChI=1S/C15H15Cl2NO4S2/c1-23(19,20)13-4-6-14(7-5-13)24(21,22)18-9-8-11-2-3-12(16)10-15(11)17/h2-7,10,18H,8-9H2,1H3. The van der Waals surface area contributed by atoms with E-state index in [4.69, 9.17) is 23.2 Å². The van der Waals surface area contributed by atoms with E-state index in [1.54, 1.807) is 18.2 Å². The zero-order valence-electron chi connectivity index (χ0n) is 12.7. The highest BCUT2D eigenvalue weighted by Crippen LogP contribution is 2.21. The van der Waals surface area contributed by atoms with Gasteiger partial charge in [-0.15, -0.1) is 0 Å². The van der Waals surface area contributed by atoms with Gasteiger partial charge in [-0.05, 0) is 48.4 Å². The van der Waals surface area contributed by atoms with Gasteiger partial charge in [0.05, 0.1) is 9.79 Å². The molecule has 0 heterocycles. The van der Waals surface area contributed by atoms with Crippen molar-refractivity contribution in [3.63, 3.8) is 0 Å². The molecule has 2 aromatic rings. The van der Waals surface area contributed by atoms with Crippen LogP contribution in [0.4, 0.5) is 0 Å². The first-order chi connectivity index (χ1) is 11.1. The summed E-state index contributed by atoms with van der Waals surface area (Å²) >= 11 is 11.8. The van der Waals surface area contributed by atoms with Crippen molar-refractivity contribution in [2.45, 2.75) is 16.2 Å². The lowest BCUT2D eigenvalue weighted by atomic mass is 10.1. The summed E-state index contributed by atoms with van der Waals surface area (Å²) in [5.74, 6) is 0. The summed E-state index contributed by atoms with van der Waals surface area (Å²) < 4.78 is 49.7. The minimum Gasteiger partial charge on any atom is -0.224 e. The third-order valence-corrected chi connectivity index (χ3v) is 6.46. The van der Waals surface area contributed by atoms with Crippen molar-refractivity contribution < 1.29 is 16.8 Å². The van der Waals surface area contributed by atoms with Crippen LogP contribution in [0.3, 0.4) is 0 Å². The first-order valence-corrected chi connectivity index (χ1v) is 11.0. The van der Waals surface area contributed by atoms with Gasteiger partial charge in [-0.25, -0.2) is 21.6 Å². The second-order valence-electron chi connectivity index (χ2n) is 5.13. The van der Waals surface area contributed by atoms with Gasteiger partial charge >= 0.3 is 0 Å². The van der Waals surface area contributed by atoms with E-state index in [1.807, 2.05) is 0 Å². The van der Waals surface area contributed by atoms with Crippen molar-refractivity contribution in [3.8, 4) is 0 Å². The van der Waals surface area contributed by atoms with Gasteiger partial charge in [0.15, 0.2) is 9.84 Å². The Labute approximate surface area is 151 Å². The normalized spacial score (nSPS) is 12.3. The molecule has 0 bridgehead atoms. The fourth-order valence-corrected chi connectivity index (χ4v) is 4.16. The molecular formula is C15H15Cl2NO4S2. The predicted octanol–water partition coefficient (Wildman–Crippen LogP) is 2.92. The predicted molar refractivity (Wildman–Crippen MR) is 94.9 cm³/mol. The van der Waals surface area contributed by atoms with Crippen molar-refractivity contribution >= 4 is 43.1 Å². The Hall–Kier alpha value is -1.12. The molecule has 0 unspecified atom stereocenters. The van der Waals surface area contributed by atoms with Crippen molar-refractivity contribution in [2.75, 3.05) is 12.8 Å². The summed E-state index contributed by atoms with van der Waals surface area (Å²) in [6.07, 6.45) is 1.46. The Morgan fingerprint density at radius 3 is 2.04 bits per heavy atom. The molecule has 2 rings (SSSR count). The van der Waals surface area contributed by atoms with E-state index in [0.29, 0.717) is 16.5 Å². The molecule has 0 saturated heterocycles. The van der Waals surface area contributed by atoms with Crippen molar-refractivity contribution in [1.29, 1.82) is 0 Å². The lowest BCUT2D eigenvalue weighted by Crippen LogP contribution is -2.26. The van der Waals surface area contributed by atoms with Crippen LogP contribution in [0.25, 0.3) is 0 Å². The first-order valence-electron chi connectivity index (χ1n) is 6.83. The zero-order chi connectivity index (χ0) is 18.0. The van der Waals surface area contributed by atoms with Crippen LogP contribution in [0.1, 0.15) is 5.56 Å². The summed E-state index contributed by atoms with van der Waals surface area (Å²) in [6.45, 7) is 0.150. The topological polar surface area (TPSA) is 80.3 Å². The summed E-state index contributed by atoms with van der Waals surface area (Å²) in [7, 11) is -7.09. The quantitative estimate of drug-likeness (QED) is 0.797. The average Bonchev–Trinajstić information content (AvgIpc) is 2.49. The molecule has 0 radical (unpaired) electrons. The van der Waals surface area contributed by atoms with Crippen molar-refractivity contribution in [2.24, 2.45) is 0 Å². The van der Waals surface area contributed by atoms with Crippen LogP contribution < -0.4 is 4.72 Å². The van der Waals surface area contributed by atoms with Crippen LogP contribution in [-0.2, 0) is 26.3 Å². The largest absolute Gasteiger partial charge is 0.240 e. The third-order valence-electron chi connectivity index (χ3n) is 3.26. The number of halogens is 2. The summed E-state index contributed by atoms with van der Waals surface area (Å²) in [6, 6.07) is 10.1. The molecule has 0 atom stereocenters. The highest BCUT2D eigenvalue weighted by atomic mass is 35.5. The maximum atomic E-state index is 12.2. The molecule has 130 valence electrons. The molecule has 0 saturated carbocycles. The minimum absolute atomic E-state index is 0.00268. The van der Waals surface area contributed by atoms with Crippen LogP contribution in [0.2, 0.25) is 10.0 Å². The van der Waals surface area contributed by atoms with Crippen LogP contribution in [0, 0.1) is 0 Å². The average molecular weight is 408 g/mol. The van der Waals surface area contributed by atoms with Gasteiger partial charge in [-0.2, -0.15) is 0 Å². The highest BCUT2D eigenvalue weighted by Gasteiger charge is 2.15. The molecule has 0 aliphatic rings. The monoisotopic (exact) mass is 407 g/mol. The van der Waals surface area contributed by atoms with Gasteiger partial charge in [0.2, 0.25) is 10.0 Å². The van der Waals surface area contributed by atoms with Crippen LogP contribution >= 0.6 is 23.2 Å². The summed E-state index contributed by atoms with van der Waals surface area (Å²) in [5.41, 5.74) is 0.774. The second-order valence-corrected chi connectivity index (χ2v) is 9.75. The summed E-state index contributed by atoms with van der Waals surface area (Å²) in [5, 5.41) is 0.981. The summed E-state index contributed by atoms with van der Waals surface area (Å²) in [4.78, 5) is 0.0616. The molecule has 0 aromatic heterocycles. The van der Waals surface area contributed by atoms with Gasteiger partial charge in [0.1, 0.15) is 0 Å². The van der Waals surface area contributed by atoms with E-state index < -0.39 is 19.9 Å². The van der Waals surface area contributed by atoms with Gasteiger partial charge in [0, 0.05) is 22.8 Å². The second kappa shape index (κ2) is 7.41. The molecular weight excluding hydrogens is 393 g/mol. The molecule has 1 N–H and O–H groups in total. The highest BCUT2D eigenvalue weighted by molar-refractivity contribution is 7.90. The molecule has 0 spiro atoms. The molecule has 9 heteroatoms. The zero-order valence-corrected chi connectivity index (χ0v) is 15.8. The molecule has 0 amide bonds. The lowest BCUT2D eigenvalue weighted by molar-refractivity contribution is 0.581. The maximum Gasteiger partial charge on any atom is 0.240 e. The Morgan fingerprint density at radius 1 is 0.917 bits per heavy atom. The van der Waals surface area contributed by atoms with Crippen LogP contribution in [-0.4, -0.2) is 29.6 Å². The van der Waals surface area contributed by atoms with Crippen LogP contribution in [0.5, 0.6) is 0 Å². The molecule has 0 aliphatic carbocycles. The van der Waals surface area contributed by atoms with Crippen molar-refractivity contribution in [3.05, 3.63) is 58.1 Å². The Kier molecular flexibility index (Phi) is 5.93. The van der Waals surface area contributed by atoms with E-state index in [1.165, 1.54) is 24.3 Å². The van der Waals surface area contributed by atoms with Gasteiger partial charge in [-0.3, -0.25) is 0 Å². The molecule has 0 aliphatic heterocycles. The molecule has 0 fully saturated rings. The van der Waals surface area contributed by atoms with E-state index in [0.717, 1.165) is 11.8 Å². The van der Waals surface area contributed by atoms with E-state index in [-0.39, 0.29) is 16.3 Å². The van der Waals surface area contributed by atoms with Gasteiger partial charge in [0.25, 0.3) is 0 Å².